The number of hydrogen-bond donors (Lipinski definition) is 1. The molecule has 2 rings (SSSR count). The highest BCUT2D eigenvalue weighted by Gasteiger charge is 2.07. The predicted octanol–water partition coefficient (Wildman–Crippen LogP) is 5.16. The minimum Gasteiger partial charge on any atom is -0.504 e. The molecule has 0 saturated carbocycles. The number of rotatable bonds is 4. The maximum Gasteiger partial charge on any atom is 0.161 e. The Balaban J connectivity index is 2.42. The monoisotopic (exact) mass is 333 g/mol. The molecule has 112 valence electrons. The van der Waals surface area contributed by atoms with E-state index in [-0.39, 0.29) is 5.75 Å². The Morgan fingerprint density at radius 3 is 2.64 bits per heavy atom. The third-order valence-electron chi connectivity index (χ3n) is 2.95. The first-order chi connectivity index (χ1) is 10.5. The summed E-state index contributed by atoms with van der Waals surface area (Å²) in [7, 11) is 0. The summed E-state index contributed by atoms with van der Waals surface area (Å²) < 4.78 is 5.33. The van der Waals surface area contributed by atoms with Crippen LogP contribution in [-0.4, -0.2) is 11.7 Å². The number of benzene rings is 2. The molecule has 5 heteroatoms. The molecule has 0 aliphatic carbocycles. The quantitative estimate of drug-likeness (QED) is 0.620. The first kappa shape index (κ1) is 16.2. The third-order valence-corrected chi connectivity index (χ3v) is 3.68. The van der Waals surface area contributed by atoms with Crippen LogP contribution in [0.25, 0.3) is 11.6 Å². The third kappa shape index (κ3) is 3.73. The fourth-order valence-corrected chi connectivity index (χ4v) is 2.20. The SMILES string of the molecule is CCOc1cc(/C=C(/C#N)c2ccc(Cl)c(Cl)c2)ccc1O. The zero-order chi connectivity index (χ0) is 16.1. The minimum absolute atomic E-state index is 0.0621. The van der Waals surface area contributed by atoms with E-state index in [9.17, 15) is 10.4 Å². The first-order valence-corrected chi connectivity index (χ1v) is 7.33. The number of nitrogens with zero attached hydrogens (tertiary/aromatic N) is 1. The molecule has 0 heterocycles. The van der Waals surface area contributed by atoms with Crippen LogP contribution in [0.15, 0.2) is 36.4 Å². The molecule has 0 unspecified atom stereocenters. The van der Waals surface area contributed by atoms with Crippen molar-refractivity contribution in [3.8, 4) is 17.6 Å². The maximum absolute atomic E-state index is 9.70. The lowest BCUT2D eigenvalue weighted by molar-refractivity contribution is 0.318. The van der Waals surface area contributed by atoms with Crippen molar-refractivity contribution in [1.29, 1.82) is 5.26 Å². The van der Waals surface area contributed by atoms with E-state index in [0.717, 1.165) is 5.56 Å². The summed E-state index contributed by atoms with van der Waals surface area (Å²) in [6.45, 7) is 2.27. The summed E-state index contributed by atoms with van der Waals surface area (Å²) in [6, 6.07) is 12.1. The minimum atomic E-state index is 0.0621. The average molecular weight is 334 g/mol. The van der Waals surface area contributed by atoms with Gasteiger partial charge in [0.25, 0.3) is 0 Å². The van der Waals surface area contributed by atoms with E-state index in [1.165, 1.54) is 6.07 Å². The largest absolute Gasteiger partial charge is 0.504 e. The van der Waals surface area contributed by atoms with Gasteiger partial charge in [0.2, 0.25) is 0 Å². The Bertz CT molecular complexity index is 764. The van der Waals surface area contributed by atoms with Gasteiger partial charge >= 0.3 is 0 Å². The second kappa shape index (κ2) is 7.22. The van der Waals surface area contributed by atoms with Crippen molar-refractivity contribution in [2.45, 2.75) is 6.92 Å². The molecule has 0 aromatic heterocycles. The van der Waals surface area contributed by atoms with E-state index in [2.05, 4.69) is 6.07 Å². The molecule has 2 aromatic rings. The lowest BCUT2D eigenvalue weighted by Crippen LogP contribution is -1.92. The summed E-state index contributed by atoms with van der Waals surface area (Å²) >= 11 is 11.9. The fraction of sp³-hybridized carbons (Fsp3) is 0.118. The van der Waals surface area contributed by atoms with Gasteiger partial charge in [0.1, 0.15) is 0 Å². The number of allylic oxidation sites excluding steroid dienone is 1. The molecule has 0 atom stereocenters. The van der Waals surface area contributed by atoms with Gasteiger partial charge in [-0.15, -0.1) is 0 Å². The van der Waals surface area contributed by atoms with Crippen LogP contribution in [0.5, 0.6) is 11.5 Å². The first-order valence-electron chi connectivity index (χ1n) is 6.58. The van der Waals surface area contributed by atoms with Crippen molar-refractivity contribution in [2.24, 2.45) is 0 Å². The molecule has 0 amide bonds. The standard InChI is InChI=1S/C17H13Cl2NO2/c1-2-22-17-8-11(3-6-16(17)21)7-13(10-20)12-4-5-14(18)15(19)9-12/h3-9,21H,2H2,1H3/b13-7-. The number of phenols is 1. The number of phenolic OH excluding ortho intramolecular Hbond substituents is 1. The Morgan fingerprint density at radius 1 is 1.23 bits per heavy atom. The van der Waals surface area contributed by atoms with E-state index in [0.29, 0.717) is 33.5 Å². The lowest BCUT2D eigenvalue weighted by Gasteiger charge is -2.07. The maximum atomic E-state index is 9.70. The number of ether oxygens (including phenoxy) is 1. The molecule has 0 aliphatic heterocycles. The van der Waals surface area contributed by atoms with E-state index >= 15 is 0 Å². The zero-order valence-electron chi connectivity index (χ0n) is 11.8. The van der Waals surface area contributed by atoms with E-state index < -0.39 is 0 Å². The van der Waals surface area contributed by atoms with Crippen LogP contribution >= 0.6 is 23.2 Å². The van der Waals surface area contributed by atoms with Gasteiger partial charge in [0.15, 0.2) is 11.5 Å². The number of hydrogen-bond acceptors (Lipinski definition) is 3. The van der Waals surface area contributed by atoms with Gasteiger partial charge < -0.3 is 9.84 Å². The number of halogens is 2. The van der Waals surface area contributed by atoms with Crippen LogP contribution in [-0.2, 0) is 0 Å². The van der Waals surface area contributed by atoms with Gasteiger partial charge in [-0.3, -0.25) is 0 Å². The van der Waals surface area contributed by atoms with Crippen molar-refractivity contribution >= 4 is 34.9 Å². The van der Waals surface area contributed by atoms with Crippen molar-refractivity contribution in [3.63, 3.8) is 0 Å². The summed E-state index contributed by atoms with van der Waals surface area (Å²) in [5.74, 6) is 0.440. The molecule has 0 aliphatic rings. The zero-order valence-corrected chi connectivity index (χ0v) is 13.3. The van der Waals surface area contributed by atoms with Gasteiger partial charge in [-0.05, 0) is 48.4 Å². The summed E-state index contributed by atoms with van der Waals surface area (Å²) in [4.78, 5) is 0. The second-order valence-electron chi connectivity index (χ2n) is 4.46. The molecule has 0 saturated heterocycles. The highest BCUT2D eigenvalue weighted by Crippen LogP contribution is 2.30. The molecule has 0 bridgehead atoms. The summed E-state index contributed by atoms with van der Waals surface area (Å²) in [5.41, 5.74) is 1.85. The lowest BCUT2D eigenvalue weighted by atomic mass is 10.0. The number of nitriles is 1. The van der Waals surface area contributed by atoms with Crippen molar-refractivity contribution in [3.05, 3.63) is 57.6 Å². The highest BCUT2D eigenvalue weighted by atomic mass is 35.5. The normalized spacial score (nSPS) is 11.1. The van der Waals surface area contributed by atoms with E-state index in [1.54, 1.807) is 36.4 Å². The van der Waals surface area contributed by atoms with Gasteiger partial charge in [0.05, 0.1) is 28.3 Å². The molecule has 1 N–H and O–H groups in total. The Hall–Kier alpha value is -2.15. The van der Waals surface area contributed by atoms with Crippen LogP contribution in [0, 0.1) is 11.3 Å². The molecule has 0 radical (unpaired) electrons. The highest BCUT2D eigenvalue weighted by molar-refractivity contribution is 6.42. The second-order valence-corrected chi connectivity index (χ2v) is 5.27. The van der Waals surface area contributed by atoms with Gasteiger partial charge in [-0.2, -0.15) is 5.26 Å². The van der Waals surface area contributed by atoms with Crippen LogP contribution in [0.1, 0.15) is 18.1 Å². The van der Waals surface area contributed by atoms with Crippen LogP contribution in [0.4, 0.5) is 0 Å². The smallest absolute Gasteiger partial charge is 0.161 e. The summed E-state index contributed by atoms with van der Waals surface area (Å²) in [5, 5.41) is 19.9. The van der Waals surface area contributed by atoms with Crippen molar-refractivity contribution in [2.75, 3.05) is 6.61 Å². The average Bonchev–Trinajstić information content (AvgIpc) is 2.51. The topological polar surface area (TPSA) is 53.2 Å². The van der Waals surface area contributed by atoms with Crippen LogP contribution in [0.3, 0.4) is 0 Å². The van der Waals surface area contributed by atoms with E-state index in [1.807, 2.05) is 6.92 Å². The molecular weight excluding hydrogens is 321 g/mol. The van der Waals surface area contributed by atoms with E-state index in [4.69, 9.17) is 27.9 Å². The molecule has 2 aromatic carbocycles. The molecular formula is C17H13Cl2NO2. The van der Waals surface area contributed by atoms with Gasteiger partial charge in [-0.1, -0.05) is 35.3 Å². The Kier molecular flexibility index (Phi) is 5.32. The van der Waals surface area contributed by atoms with Crippen LogP contribution < -0.4 is 4.74 Å². The molecule has 22 heavy (non-hydrogen) atoms. The van der Waals surface area contributed by atoms with Crippen LogP contribution in [0.2, 0.25) is 10.0 Å². The van der Waals surface area contributed by atoms with Crippen molar-refractivity contribution < 1.29 is 9.84 Å². The molecule has 0 fully saturated rings. The van der Waals surface area contributed by atoms with Gasteiger partial charge in [-0.25, -0.2) is 0 Å². The summed E-state index contributed by atoms with van der Waals surface area (Å²) in [6.07, 6.45) is 1.70. The Labute approximate surface area is 139 Å². The Morgan fingerprint density at radius 2 is 2.00 bits per heavy atom. The van der Waals surface area contributed by atoms with Gasteiger partial charge in [0, 0.05) is 0 Å². The predicted molar refractivity (Wildman–Crippen MR) is 89.2 cm³/mol. The number of aromatic hydroxyl groups is 1. The molecule has 0 spiro atoms. The fourth-order valence-electron chi connectivity index (χ4n) is 1.90. The van der Waals surface area contributed by atoms with Crippen molar-refractivity contribution in [1.82, 2.24) is 0 Å². The molecule has 3 nitrogen and oxygen atoms in total.